The van der Waals surface area contributed by atoms with Crippen LogP contribution in [0.15, 0.2) is 36.5 Å². The van der Waals surface area contributed by atoms with E-state index in [1.807, 2.05) is 30.5 Å². The highest BCUT2D eigenvalue weighted by atomic mass is 16.1. The molecule has 5 nitrogen and oxygen atoms in total. The number of nitrogens with two attached hydrogens (primary N) is 1. The minimum absolute atomic E-state index is 0.188. The van der Waals surface area contributed by atoms with Crippen LogP contribution in [0.25, 0.3) is 0 Å². The zero-order valence-electron chi connectivity index (χ0n) is 14.3. The average molecular weight is 324 g/mol. The molecule has 3 heterocycles. The number of aryl methyl sites for hydroxylation is 1. The summed E-state index contributed by atoms with van der Waals surface area (Å²) in [6.45, 7) is 2.12. The molecule has 126 valence electrons. The summed E-state index contributed by atoms with van der Waals surface area (Å²) in [5.41, 5.74) is 9.42. The van der Waals surface area contributed by atoms with E-state index in [2.05, 4.69) is 34.9 Å². The van der Waals surface area contributed by atoms with Crippen molar-refractivity contribution in [3.05, 3.63) is 59.2 Å². The van der Waals surface area contributed by atoms with Gasteiger partial charge in [0.15, 0.2) is 0 Å². The molecule has 1 aliphatic rings. The van der Waals surface area contributed by atoms with Gasteiger partial charge in [-0.2, -0.15) is 0 Å². The van der Waals surface area contributed by atoms with E-state index < -0.39 is 0 Å². The van der Waals surface area contributed by atoms with E-state index in [4.69, 9.17) is 5.73 Å². The first kappa shape index (κ1) is 16.6. The quantitative estimate of drug-likeness (QED) is 0.938. The molecule has 0 saturated carbocycles. The van der Waals surface area contributed by atoms with Gasteiger partial charge in [0, 0.05) is 6.20 Å². The molecule has 0 radical (unpaired) electrons. The van der Waals surface area contributed by atoms with Crippen molar-refractivity contribution in [2.45, 2.75) is 44.7 Å². The van der Waals surface area contributed by atoms with Gasteiger partial charge in [-0.25, -0.2) is 0 Å². The maximum atomic E-state index is 11.2. The molecule has 24 heavy (non-hydrogen) atoms. The lowest BCUT2D eigenvalue weighted by molar-refractivity contribution is -0.117. The number of amides is 1. The molecule has 0 bridgehead atoms. The molecule has 2 aromatic rings. The zero-order valence-corrected chi connectivity index (χ0v) is 14.3. The van der Waals surface area contributed by atoms with Gasteiger partial charge in [-0.3, -0.25) is 19.7 Å². The Kier molecular flexibility index (Phi) is 4.90. The Morgan fingerprint density at radius 3 is 2.79 bits per heavy atom. The van der Waals surface area contributed by atoms with Crippen molar-refractivity contribution in [2.24, 2.45) is 5.73 Å². The van der Waals surface area contributed by atoms with E-state index >= 15 is 0 Å². The van der Waals surface area contributed by atoms with Crippen molar-refractivity contribution in [1.82, 2.24) is 14.9 Å². The van der Waals surface area contributed by atoms with Crippen molar-refractivity contribution in [3.63, 3.8) is 0 Å². The number of carbonyl (C=O) groups excluding carboxylic acids is 1. The minimum Gasteiger partial charge on any atom is -0.369 e. The number of hydrogen-bond donors (Lipinski definition) is 1. The zero-order chi connectivity index (χ0) is 17.1. The van der Waals surface area contributed by atoms with Crippen molar-refractivity contribution in [3.8, 4) is 0 Å². The smallest absolute Gasteiger partial charge is 0.223 e. The standard InChI is InChI=1S/C19H24N4O/c1-13-6-5-11-21-19(13)17-10-4-9-16(23(17)2)15-8-3-7-14(22-15)12-18(20)24/h3,5-8,11,16-17H,4,9-10,12H2,1-2H3,(H2,20,24)/t16-,17+/m1/s1. The molecule has 2 aromatic heterocycles. The molecule has 5 heteroatoms. The second-order valence-electron chi connectivity index (χ2n) is 6.53. The van der Waals surface area contributed by atoms with Gasteiger partial charge in [-0.1, -0.05) is 12.1 Å². The molecule has 0 spiro atoms. The van der Waals surface area contributed by atoms with Crippen molar-refractivity contribution in [2.75, 3.05) is 7.05 Å². The van der Waals surface area contributed by atoms with Crippen LogP contribution in [0, 0.1) is 6.92 Å². The normalized spacial score (nSPS) is 21.6. The molecule has 1 amide bonds. The molecule has 3 rings (SSSR count). The fourth-order valence-electron chi connectivity index (χ4n) is 3.62. The van der Waals surface area contributed by atoms with Crippen LogP contribution in [0.3, 0.4) is 0 Å². The number of aromatic nitrogens is 2. The van der Waals surface area contributed by atoms with E-state index in [1.54, 1.807) is 0 Å². The second-order valence-corrected chi connectivity index (χ2v) is 6.53. The number of primary amides is 1. The van der Waals surface area contributed by atoms with E-state index in [1.165, 1.54) is 5.56 Å². The molecule has 0 aliphatic carbocycles. The minimum atomic E-state index is -0.348. The summed E-state index contributed by atoms with van der Waals surface area (Å²) in [5, 5.41) is 0. The van der Waals surface area contributed by atoms with Crippen LogP contribution in [0.4, 0.5) is 0 Å². The third-order valence-corrected chi connectivity index (χ3v) is 4.83. The molecule has 1 saturated heterocycles. The molecular weight excluding hydrogens is 300 g/mol. The number of likely N-dealkylation sites (tertiary alicyclic amines) is 1. The SMILES string of the molecule is Cc1cccnc1[C@@H]1CCC[C@H](c2cccc(CC(N)=O)n2)N1C. The molecule has 1 aliphatic heterocycles. The summed E-state index contributed by atoms with van der Waals surface area (Å²) in [6.07, 6.45) is 5.35. The molecule has 2 N–H and O–H groups in total. The van der Waals surface area contributed by atoms with Gasteiger partial charge in [-0.15, -0.1) is 0 Å². The van der Waals surface area contributed by atoms with Crippen LogP contribution < -0.4 is 5.73 Å². The van der Waals surface area contributed by atoms with E-state index in [9.17, 15) is 4.79 Å². The maximum absolute atomic E-state index is 11.2. The van der Waals surface area contributed by atoms with Crippen LogP contribution in [0.5, 0.6) is 0 Å². The fraction of sp³-hybridized carbons (Fsp3) is 0.421. The summed E-state index contributed by atoms with van der Waals surface area (Å²) in [6, 6.07) is 10.5. The third-order valence-electron chi connectivity index (χ3n) is 4.83. The van der Waals surface area contributed by atoms with E-state index in [0.29, 0.717) is 6.04 Å². The lowest BCUT2D eigenvalue weighted by Crippen LogP contribution is -2.34. The summed E-state index contributed by atoms with van der Waals surface area (Å²) in [5.74, 6) is -0.348. The molecule has 0 aromatic carbocycles. The lowest BCUT2D eigenvalue weighted by Gasteiger charge is -2.39. The molecule has 1 fully saturated rings. The van der Waals surface area contributed by atoms with Gasteiger partial charge in [0.2, 0.25) is 5.91 Å². The Balaban J connectivity index is 1.86. The average Bonchev–Trinajstić information content (AvgIpc) is 2.55. The van der Waals surface area contributed by atoms with E-state index in [-0.39, 0.29) is 18.4 Å². The highest BCUT2D eigenvalue weighted by Gasteiger charge is 2.31. The summed E-state index contributed by atoms with van der Waals surface area (Å²) < 4.78 is 0. The second kappa shape index (κ2) is 7.09. The number of nitrogens with zero attached hydrogens (tertiary/aromatic N) is 3. The first-order valence-corrected chi connectivity index (χ1v) is 8.44. The number of rotatable bonds is 4. The van der Waals surface area contributed by atoms with Crippen molar-refractivity contribution < 1.29 is 4.79 Å². The number of hydrogen-bond acceptors (Lipinski definition) is 4. The number of carbonyl (C=O) groups is 1. The van der Waals surface area contributed by atoms with Crippen LogP contribution >= 0.6 is 0 Å². The Morgan fingerprint density at radius 2 is 2.04 bits per heavy atom. The Morgan fingerprint density at radius 1 is 1.25 bits per heavy atom. The summed E-state index contributed by atoms with van der Waals surface area (Å²) >= 11 is 0. The van der Waals surface area contributed by atoms with Crippen LogP contribution in [-0.2, 0) is 11.2 Å². The topological polar surface area (TPSA) is 72.1 Å². The summed E-state index contributed by atoms with van der Waals surface area (Å²) in [4.78, 5) is 22.8. The van der Waals surface area contributed by atoms with Crippen molar-refractivity contribution in [1.29, 1.82) is 0 Å². The van der Waals surface area contributed by atoms with Gasteiger partial charge in [0.25, 0.3) is 0 Å². The monoisotopic (exact) mass is 324 g/mol. The van der Waals surface area contributed by atoms with Crippen LogP contribution in [-0.4, -0.2) is 27.8 Å². The highest BCUT2D eigenvalue weighted by Crippen LogP contribution is 2.39. The van der Waals surface area contributed by atoms with Gasteiger partial charge in [0.1, 0.15) is 0 Å². The number of pyridine rings is 2. The number of piperidine rings is 1. The third kappa shape index (κ3) is 3.46. The Bertz CT molecular complexity index is 731. The van der Waals surface area contributed by atoms with Gasteiger partial charge in [-0.05, 0) is 57.0 Å². The molecule has 2 atom stereocenters. The van der Waals surface area contributed by atoms with Gasteiger partial charge in [0.05, 0.1) is 35.6 Å². The maximum Gasteiger partial charge on any atom is 0.223 e. The van der Waals surface area contributed by atoms with Crippen LogP contribution in [0.1, 0.15) is 54.0 Å². The van der Waals surface area contributed by atoms with Gasteiger partial charge >= 0.3 is 0 Å². The van der Waals surface area contributed by atoms with Crippen molar-refractivity contribution >= 4 is 5.91 Å². The highest BCUT2D eigenvalue weighted by molar-refractivity contribution is 5.76. The fourth-order valence-corrected chi connectivity index (χ4v) is 3.62. The predicted molar refractivity (Wildman–Crippen MR) is 93.2 cm³/mol. The lowest BCUT2D eigenvalue weighted by atomic mass is 9.90. The predicted octanol–water partition coefficient (Wildman–Crippen LogP) is 2.71. The molecular formula is C19H24N4O. The van der Waals surface area contributed by atoms with Crippen LogP contribution in [0.2, 0.25) is 0 Å². The largest absolute Gasteiger partial charge is 0.369 e. The first-order valence-electron chi connectivity index (χ1n) is 8.44. The van der Waals surface area contributed by atoms with E-state index in [0.717, 1.165) is 36.3 Å². The first-order chi connectivity index (χ1) is 11.6. The Hall–Kier alpha value is -2.27. The van der Waals surface area contributed by atoms with Gasteiger partial charge < -0.3 is 5.73 Å². The Labute approximate surface area is 142 Å². The summed E-state index contributed by atoms with van der Waals surface area (Å²) in [7, 11) is 2.14. The molecule has 0 unspecified atom stereocenters.